The van der Waals surface area contributed by atoms with Gasteiger partial charge < -0.3 is 9.72 Å². The number of imidazole rings is 1. The van der Waals surface area contributed by atoms with Gasteiger partial charge in [0.2, 0.25) is 0 Å². The molecule has 0 atom stereocenters. The number of ether oxygens (including phenoxy) is 1. The average Bonchev–Trinajstić information content (AvgIpc) is 2.79. The van der Waals surface area contributed by atoms with Crippen molar-refractivity contribution in [1.29, 1.82) is 5.26 Å². The van der Waals surface area contributed by atoms with E-state index in [4.69, 9.17) is 21.6 Å². The molecule has 2 aromatic rings. The van der Waals surface area contributed by atoms with E-state index in [0.717, 1.165) is 11.1 Å². The minimum atomic E-state index is 0.356. The predicted molar refractivity (Wildman–Crippen MR) is 65.0 cm³/mol. The van der Waals surface area contributed by atoms with E-state index in [1.807, 2.05) is 19.1 Å². The summed E-state index contributed by atoms with van der Waals surface area (Å²) in [5.74, 6) is 0.617. The molecule has 0 aliphatic rings. The third-order valence-corrected chi connectivity index (χ3v) is 2.81. The van der Waals surface area contributed by atoms with Crippen LogP contribution in [0.4, 0.5) is 0 Å². The van der Waals surface area contributed by atoms with E-state index >= 15 is 0 Å². The molecule has 86 valence electrons. The molecule has 17 heavy (non-hydrogen) atoms. The number of aryl methyl sites for hydroxylation is 1. The van der Waals surface area contributed by atoms with E-state index in [1.54, 1.807) is 13.2 Å². The van der Waals surface area contributed by atoms with Crippen molar-refractivity contribution in [2.45, 2.75) is 6.92 Å². The molecule has 0 fully saturated rings. The fourth-order valence-electron chi connectivity index (χ4n) is 1.67. The molecular formula is C12H10ClN3O. The number of rotatable bonds is 2. The Morgan fingerprint density at radius 3 is 2.88 bits per heavy atom. The Kier molecular flexibility index (Phi) is 3.03. The minimum Gasteiger partial charge on any atom is -0.495 e. The van der Waals surface area contributed by atoms with Crippen molar-refractivity contribution in [2.24, 2.45) is 0 Å². The molecule has 1 N–H and O–H groups in total. The second-order valence-corrected chi connectivity index (χ2v) is 3.95. The zero-order valence-corrected chi connectivity index (χ0v) is 10.2. The van der Waals surface area contributed by atoms with Gasteiger partial charge in [-0.05, 0) is 24.6 Å². The average molecular weight is 248 g/mol. The van der Waals surface area contributed by atoms with Crippen molar-refractivity contribution >= 4 is 11.6 Å². The van der Waals surface area contributed by atoms with Gasteiger partial charge in [0.25, 0.3) is 0 Å². The van der Waals surface area contributed by atoms with E-state index in [0.29, 0.717) is 22.2 Å². The highest BCUT2D eigenvalue weighted by Gasteiger charge is 2.13. The van der Waals surface area contributed by atoms with E-state index < -0.39 is 0 Å². The van der Waals surface area contributed by atoms with Gasteiger partial charge in [-0.25, -0.2) is 4.98 Å². The Hall–Kier alpha value is -1.99. The summed E-state index contributed by atoms with van der Waals surface area (Å²) in [7, 11) is 1.57. The van der Waals surface area contributed by atoms with Gasteiger partial charge in [0.1, 0.15) is 11.8 Å². The first-order valence-electron chi connectivity index (χ1n) is 4.95. The van der Waals surface area contributed by atoms with E-state index in [9.17, 15) is 0 Å². The highest BCUT2D eigenvalue weighted by Crippen LogP contribution is 2.33. The fraction of sp³-hybridized carbons (Fsp3) is 0.167. The molecule has 1 aromatic heterocycles. The molecular weight excluding hydrogens is 238 g/mol. The molecule has 0 aliphatic heterocycles. The number of aromatic amines is 1. The van der Waals surface area contributed by atoms with Crippen LogP contribution < -0.4 is 4.74 Å². The van der Waals surface area contributed by atoms with E-state index in [1.165, 1.54) is 6.33 Å². The van der Waals surface area contributed by atoms with Crippen molar-refractivity contribution in [3.8, 4) is 23.1 Å². The van der Waals surface area contributed by atoms with Crippen LogP contribution in [0.3, 0.4) is 0 Å². The predicted octanol–water partition coefficient (Wildman–Crippen LogP) is 2.92. The summed E-state index contributed by atoms with van der Waals surface area (Å²) in [6, 6.07) is 5.63. The molecule has 0 spiro atoms. The standard InChI is InChI=1S/C12H10ClN3O/c1-7-3-11(17-2)9(13)4-8(7)12-10(5-14)15-6-16-12/h3-4,6H,1-2H3,(H,15,16). The molecule has 2 rings (SSSR count). The van der Waals surface area contributed by atoms with Gasteiger partial charge in [0.05, 0.1) is 24.2 Å². The number of halogens is 1. The Bertz CT molecular complexity index is 598. The lowest BCUT2D eigenvalue weighted by Gasteiger charge is -2.09. The van der Waals surface area contributed by atoms with Gasteiger partial charge >= 0.3 is 0 Å². The van der Waals surface area contributed by atoms with Gasteiger partial charge in [-0.15, -0.1) is 0 Å². The number of benzene rings is 1. The molecule has 0 unspecified atom stereocenters. The fourth-order valence-corrected chi connectivity index (χ4v) is 1.91. The number of aromatic nitrogens is 2. The molecule has 5 heteroatoms. The number of nitrogens with one attached hydrogen (secondary N) is 1. The first kappa shape index (κ1) is 11.5. The van der Waals surface area contributed by atoms with Crippen LogP contribution in [0.5, 0.6) is 5.75 Å². The molecule has 1 heterocycles. The Morgan fingerprint density at radius 1 is 1.47 bits per heavy atom. The third-order valence-electron chi connectivity index (χ3n) is 2.51. The molecule has 0 saturated carbocycles. The second kappa shape index (κ2) is 4.48. The zero-order valence-electron chi connectivity index (χ0n) is 9.41. The van der Waals surface area contributed by atoms with Crippen molar-refractivity contribution in [1.82, 2.24) is 9.97 Å². The molecule has 0 amide bonds. The third kappa shape index (κ3) is 1.97. The lowest BCUT2D eigenvalue weighted by molar-refractivity contribution is 0.415. The lowest BCUT2D eigenvalue weighted by atomic mass is 10.0. The molecule has 0 aliphatic carbocycles. The van der Waals surface area contributed by atoms with Gasteiger partial charge in [0, 0.05) is 5.56 Å². The van der Waals surface area contributed by atoms with Gasteiger partial charge in [-0.1, -0.05) is 11.6 Å². The largest absolute Gasteiger partial charge is 0.495 e. The topological polar surface area (TPSA) is 61.7 Å². The Balaban J connectivity index is 2.62. The van der Waals surface area contributed by atoms with Gasteiger partial charge in [0.15, 0.2) is 5.69 Å². The summed E-state index contributed by atoms with van der Waals surface area (Å²) in [6.07, 6.45) is 1.49. The van der Waals surface area contributed by atoms with Crippen LogP contribution in [-0.2, 0) is 0 Å². The Morgan fingerprint density at radius 2 is 2.24 bits per heavy atom. The first-order valence-corrected chi connectivity index (χ1v) is 5.33. The highest BCUT2D eigenvalue weighted by atomic mass is 35.5. The minimum absolute atomic E-state index is 0.356. The molecule has 4 nitrogen and oxygen atoms in total. The maximum absolute atomic E-state index is 8.94. The van der Waals surface area contributed by atoms with Crippen LogP contribution in [0.2, 0.25) is 5.02 Å². The quantitative estimate of drug-likeness (QED) is 0.888. The summed E-state index contributed by atoms with van der Waals surface area (Å²) >= 11 is 6.07. The number of nitriles is 1. The van der Waals surface area contributed by atoms with Crippen LogP contribution in [0.15, 0.2) is 18.5 Å². The molecule has 0 saturated heterocycles. The highest BCUT2D eigenvalue weighted by molar-refractivity contribution is 6.32. The number of hydrogen-bond acceptors (Lipinski definition) is 3. The van der Waals surface area contributed by atoms with E-state index in [2.05, 4.69) is 9.97 Å². The number of H-pyrrole nitrogens is 1. The monoisotopic (exact) mass is 247 g/mol. The summed E-state index contributed by atoms with van der Waals surface area (Å²) < 4.78 is 5.13. The second-order valence-electron chi connectivity index (χ2n) is 3.54. The lowest BCUT2D eigenvalue weighted by Crippen LogP contribution is -1.91. The van der Waals surface area contributed by atoms with Crippen LogP contribution >= 0.6 is 11.6 Å². The summed E-state index contributed by atoms with van der Waals surface area (Å²) in [6.45, 7) is 1.93. The van der Waals surface area contributed by atoms with Crippen molar-refractivity contribution in [3.63, 3.8) is 0 Å². The normalized spacial score (nSPS) is 10.0. The smallest absolute Gasteiger partial charge is 0.166 e. The maximum atomic E-state index is 8.94. The number of hydrogen-bond donors (Lipinski definition) is 1. The van der Waals surface area contributed by atoms with Crippen molar-refractivity contribution in [2.75, 3.05) is 7.11 Å². The SMILES string of the molecule is COc1cc(C)c(-c2[nH]cnc2C#N)cc1Cl. The zero-order chi connectivity index (χ0) is 12.4. The van der Waals surface area contributed by atoms with E-state index in [-0.39, 0.29) is 0 Å². The van der Waals surface area contributed by atoms with Crippen LogP contribution in [0.1, 0.15) is 11.3 Å². The summed E-state index contributed by atoms with van der Waals surface area (Å²) in [4.78, 5) is 6.88. The van der Waals surface area contributed by atoms with Crippen LogP contribution in [-0.4, -0.2) is 17.1 Å². The molecule has 0 radical (unpaired) electrons. The number of nitrogens with zero attached hydrogens (tertiary/aromatic N) is 2. The van der Waals surface area contributed by atoms with Crippen molar-refractivity contribution in [3.05, 3.63) is 34.7 Å². The maximum Gasteiger partial charge on any atom is 0.166 e. The van der Waals surface area contributed by atoms with Crippen molar-refractivity contribution < 1.29 is 4.74 Å². The summed E-state index contributed by atoms with van der Waals surface area (Å²) in [5, 5.41) is 9.45. The van der Waals surface area contributed by atoms with Gasteiger partial charge in [-0.3, -0.25) is 0 Å². The number of methoxy groups -OCH3 is 1. The summed E-state index contributed by atoms with van der Waals surface area (Å²) in [5.41, 5.74) is 2.85. The molecule has 0 bridgehead atoms. The first-order chi connectivity index (χ1) is 8.17. The van der Waals surface area contributed by atoms with Crippen LogP contribution in [0.25, 0.3) is 11.3 Å². The Labute approximate surface area is 104 Å². The van der Waals surface area contributed by atoms with Gasteiger partial charge in [-0.2, -0.15) is 5.26 Å². The molecule has 1 aromatic carbocycles. The van der Waals surface area contributed by atoms with Crippen LogP contribution in [0, 0.1) is 18.3 Å².